The van der Waals surface area contributed by atoms with Crippen molar-refractivity contribution in [2.75, 3.05) is 0 Å². The third-order valence-electron chi connectivity index (χ3n) is 1.63. The summed E-state index contributed by atoms with van der Waals surface area (Å²) in [5.74, 6) is 1.91. The second-order valence-corrected chi connectivity index (χ2v) is 2.42. The van der Waals surface area contributed by atoms with Crippen molar-refractivity contribution < 1.29 is 21.9 Å². The van der Waals surface area contributed by atoms with Crippen molar-refractivity contribution in [2.24, 2.45) is 0 Å². The van der Waals surface area contributed by atoms with E-state index in [4.69, 9.17) is 0 Å². The van der Waals surface area contributed by atoms with Crippen LogP contribution in [0.25, 0.3) is 0 Å². The summed E-state index contributed by atoms with van der Waals surface area (Å²) >= 11 is 0. The Kier molecular flexibility index (Phi) is 4.89. The second kappa shape index (κ2) is 5.15. The van der Waals surface area contributed by atoms with E-state index in [0.29, 0.717) is 0 Å². The fraction of sp³-hybridized carbons (Fsp3) is 0.333. The Morgan fingerprint density at radius 3 is 2.82 bits per heavy atom. The van der Waals surface area contributed by atoms with Gasteiger partial charge < -0.3 is 0 Å². The molecule has 2 heteroatoms. The molecule has 0 fully saturated rings. The first-order valence-corrected chi connectivity index (χ1v) is 3.41. The second-order valence-electron chi connectivity index (χ2n) is 2.42. The number of hydrogen-bond donors (Lipinski definition) is 0. The van der Waals surface area contributed by atoms with Crippen molar-refractivity contribution in [2.45, 2.75) is 19.3 Å². The van der Waals surface area contributed by atoms with Gasteiger partial charge in [-0.25, -0.2) is 4.79 Å². The molecule has 0 spiro atoms. The molecule has 11 heavy (non-hydrogen) atoms. The zero-order chi connectivity index (χ0) is 7.40. The minimum absolute atomic E-state index is 0. The molecule has 0 aromatic carbocycles. The van der Waals surface area contributed by atoms with E-state index < -0.39 is 0 Å². The van der Waals surface area contributed by atoms with Gasteiger partial charge in [-0.15, -0.1) is 6.58 Å². The summed E-state index contributed by atoms with van der Waals surface area (Å²) in [6.07, 6.45) is 6.57. The molecular formula is C9H10MnO. The SMILES string of the molecule is C=CCC1=CC(=C=O)CC1.[Mn]. The predicted molar refractivity (Wildman–Crippen MR) is 41.3 cm³/mol. The van der Waals surface area contributed by atoms with E-state index in [0.717, 1.165) is 24.8 Å². The topological polar surface area (TPSA) is 17.1 Å². The van der Waals surface area contributed by atoms with Gasteiger partial charge in [0.25, 0.3) is 0 Å². The molecule has 1 nitrogen and oxygen atoms in total. The molecule has 1 rings (SSSR count). The third kappa shape index (κ3) is 2.90. The Hall–Kier alpha value is -0.551. The van der Waals surface area contributed by atoms with Crippen LogP contribution < -0.4 is 0 Å². The molecular weight excluding hydrogens is 179 g/mol. The van der Waals surface area contributed by atoms with E-state index in [1.807, 2.05) is 18.1 Å². The third-order valence-corrected chi connectivity index (χ3v) is 1.63. The molecule has 1 aliphatic rings. The van der Waals surface area contributed by atoms with Gasteiger partial charge in [0.2, 0.25) is 0 Å². The predicted octanol–water partition coefficient (Wildman–Crippen LogP) is 2.04. The minimum atomic E-state index is 0. The van der Waals surface area contributed by atoms with Gasteiger partial charge in [0.05, 0.1) is 0 Å². The maximum atomic E-state index is 10.1. The van der Waals surface area contributed by atoms with Gasteiger partial charge in [-0.3, -0.25) is 0 Å². The Morgan fingerprint density at radius 2 is 2.36 bits per heavy atom. The maximum Gasteiger partial charge on any atom is 0.127 e. The largest absolute Gasteiger partial charge is 0.233 e. The molecule has 0 amide bonds. The van der Waals surface area contributed by atoms with Crippen molar-refractivity contribution in [3.05, 3.63) is 29.9 Å². The molecule has 1 radical (unpaired) electrons. The molecule has 59 valence electrons. The molecule has 0 saturated heterocycles. The van der Waals surface area contributed by atoms with Gasteiger partial charge in [-0.05, 0) is 25.3 Å². The summed E-state index contributed by atoms with van der Waals surface area (Å²) < 4.78 is 0. The average Bonchev–Trinajstić information content (AvgIpc) is 2.37. The molecule has 0 aromatic heterocycles. The number of hydrogen-bond acceptors (Lipinski definition) is 1. The fourth-order valence-electron chi connectivity index (χ4n) is 1.11. The Balaban J connectivity index is 0.000001000. The molecule has 0 N–H and O–H groups in total. The molecule has 0 saturated carbocycles. The van der Waals surface area contributed by atoms with Gasteiger partial charge in [0.1, 0.15) is 5.94 Å². The van der Waals surface area contributed by atoms with E-state index in [2.05, 4.69) is 6.58 Å². The van der Waals surface area contributed by atoms with Crippen LogP contribution in [0.15, 0.2) is 29.9 Å². The molecule has 0 heterocycles. The Bertz CT molecular complexity index is 222. The van der Waals surface area contributed by atoms with Crippen molar-refractivity contribution in [1.29, 1.82) is 0 Å². The summed E-state index contributed by atoms with van der Waals surface area (Å²) in [5.41, 5.74) is 2.10. The molecule has 0 aromatic rings. The van der Waals surface area contributed by atoms with E-state index in [-0.39, 0.29) is 17.1 Å². The summed E-state index contributed by atoms with van der Waals surface area (Å²) in [4.78, 5) is 10.1. The van der Waals surface area contributed by atoms with Crippen LogP contribution in [0.3, 0.4) is 0 Å². The van der Waals surface area contributed by atoms with Gasteiger partial charge in [0.15, 0.2) is 0 Å². The normalized spacial score (nSPS) is 14.9. The first-order chi connectivity index (χ1) is 4.86. The smallest absolute Gasteiger partial charge is 0.127 e. The Morgan fingerprint density at radius 1 is 1.64 bits per heavy atom. The van der Waals surface area contributed by atoms with Gasteiger partial charge in [0, 0.05) is 22.6 Å². The summed E-state index contributed by atoms with van der Waals surface area (Å²) in [5, 5.41) is 0. The van der Waals surface area contributed by atoms with Crippen LogP contribution in [0.2, 0.25) is 0 Å². The number of rotatable bonds is 2. The average molecular weight is 189 g/mol. The molecule has 0 atom stereocenters. The molecule has 0 bridgehead atoms. The molecule has 0 aliphatic heterocycles. The number of allylic oxidation sites excluding steroid dienone is 4. The van der Waals surface area contributed by atoms with Crippen LogP contribution in [0.4, 0.5) is 0 Å². The van der Waals surface area contributed by atoms with Crippen LogP contribution >= 0.6 is 0 Å². The minimum Gasteiger partial charge on any atom is -0.233 e. The van der Waals surface area contributed by atoms with E-state index >= 15 is 0 Å². The van der Waals surface area contributed by atoms with Crippen LogP contribution in [0.5, 0.6) is 0 Å². The maximum absolute atomic E-state index is 10.1. The standard InChI is InChI=1S/C9H10O.Mn/c1-2-3-8-4-5-9(6-8)7-10;/h2,6H,1,3-5H2;. The van der Waals surface area contributed by atoms with E-state index in [1.54, 1.807) is 0 Å². The summed E-state index contributed by atoms with van der Waals surface area (Å²) in [6.45, 7) is 3.63. The first-order valence-electron chi connectivity index (χ1n) is 3.41. The van der Waals surface area contributed by atoms with E-state index in [1.165, 1.54) is 5.57 Å². The van der Waals surface area contributed by atoms with E-state index in [9.17, 15) is 4.79 Å². The van der Waals surface area contributed by atoms with Crippen molar-refractivity contribution in [1.82, 2.24) is 0 Å². The number of carbonyl (C=O) groups excluding carboxylic acids is 1. The first kappa shape index (κ1) is 10.4. The van der Waals surface area contributed by atoms with Crippen LogP contribution in [-0.4, -0.2) is 5.94 Å². The van der Waals surface area contributed by atoms with Crippen LogP contribution in [-0.2, 0) is 21.9 Å². The quantitative estimate of drug-likeness (QED) is 0.369. The fourth-order valence-corrected chi connectivity index (χ4v) is 1.11. The van der Waals surface area contributed by atoms with Crippen molar-refractivity contribution >= 4 is 5.94 Å². The zero-order valence-electron chi connectivity index (χ0n) is 6.27. The van der Waals surface area contributed by atoms with Crippen LogP contribution in [0.1, 0.15) is 19.3 Å². The van der Waals surface area contributed by atoms with Crippen molar-refractivity contribution in [3.63, 3.8) is 0 Å². The van der Waals surface area contributed by atoms with Crippen molar-refractivity contribution in [3.8, 4) is 0 Å². The monoisotopic (exact) mass is 189 g/mol. The summed E-state index contributed by atoms with van der Waals surface area (Å²) in [7, 11) is 0. The van der Waals surface area contributed by atoms with Crippen LogP contribution in [0, 0.1) is 0 Å². The van der Waals surface area contributed by atoms with Gasteiger partial charge >= 0.3 is 0 Å². The Labute approximate surface area is 77.3 Å². The summed E-state index contributed by atoms with van der Waals surface area (Å²) in [6, 6.07) is 0. The van der Waals surface area contributed by atoms with Gasteiger partial charge in [-0.2, -0.15) is 0 Å². The molecule has 1 aliphatic carbocycles. The molecule has 0 unspecified atom stereocenters. The van der Waals surface area contributed by atoms with Gasteiger partial charge in [-0.1, -0.05) is 11.6 Å². The zero-order valence-corrected chi connectivity index (χ0v) is 7.45.